The molecule has 0 unspecified atom stereocenters. The number of carbonyl (C=O) groups is 1. The summed E-state index contributed by atoms with van der Waals surface area (Å²) < 4.78 is 5.46. The van der Waals surface area contributed by atoms with Crippen LogP contribution in [-0.2, 0) is 24.2 Å². The van der Waals surface area contributed by atoms with E-state index in [4.69, 9.17) is 4.74 Å². The van der Waals surface area contributed by atoms with Gasteiger partial charge in [-0.25, -0.2) is 4.98 Å². The van der Waals surface area contributed by atoms with Crippen molar-refractivity contribution in [3.05, 3.63) is 47.4 Å². The molecule has 6 nitrogen and oxygen atoms in total. The minimum Gasteiger partial charge on any atom is -0.496 e. The van der Waals surface area contributed by atoms with Crippen molar-refractivity contribution in [1.82, 2.24) is 15.3 Å². The van der Waals surface area contributed by atoms with E-state index in [0.717, 1.165) is 24.2 Å². The van der Waals surface area contributed by atoms with Crippen LogP contribution in [0.4, 0.5) is 5.82 Å². The van der Waals surface area contributed by atoms with Crippen LogP contribution in [0.25, 0.3) is 0 Å². The summed E-state index contributed by atoms with van der Waals surface area (Å²) in [6.45, 7) is 0.793. The third-order valence-corrected chi connectivity index (χ3v) is 3.93. The molecule has 0 saturated carbocycles. The number of rotatable bonds is 6. The van der Waals surface area contributed by atoms with Gasteiger partial charge in [0.1, 0.15) is 5.75 Å². The summed E-state index contributed by atoms with van der Waals surface area (Å²) in [6.07, 6.45) is 8.07. The van der Waals surface area contributed by atoms with Crippen molar-refractivity contribution in [2.24, 2.45) is 0 Å². The highest BCUT2D eigenvalue weighted by molar-refractivity contribution is 5.91. The van der Waals surface area contributed by atoms with Crippen LogP contribution in [0.15, 0.2) is 30.7 Å². The van der Waals surface area contributed by atoms with E-state index in [0.29, 0.717) is 12.4 Å². The normalized spacial score (nSPS) is 12.7. The molecular weight excluding hydrogens is 292 g/mol. The molecule has 1 aliphatic carbocycles. The molecule has 1 aromatic heterocycles. The maximum absolute atomic E-state index is 11.9. The van der Waals surface area contributed by atoms with E-state index < -0.39 is 0 Å². The van der Waals surface area contributed by atoms with Gasteiger partial charge in [-0.1, -0.05) is 6.07 Å². The Bertz CT molecular complexity index is 688. The van der Waals surface area contributed by atoms with E-state index in [1.54, 1.807) is 19.5 Å². The molecule has 0 spiro atoms. The number of fused-ring (bicyclic) bond motifs is 1. The molecule has 0 bridgehead atoms. The topological polar surface area (TPSA) is 76.1 Å². The number of amides is 1. The van der Waals surface area contributed by atoms with Gasteiger partial charge in [0.15, 0.2) is 5.82 Å². The van der Waals surface area contributed by atoms with Crippen molar-refractivity contribution < 1.29 is 9.53 Å². The Morgan fingerprint density at radius 2 is 2.09 bits per heavy atom. The smallest absolute Gasteiger partial charge is 0.239 e. The van der Waals surface area contributed by atoms with Crippen molar-refractivity contribution in [2.45, 2.75) is 25.8 Å². The lowest BCUT2D eigenvalue weighted by Crippen LogP contribution is -2.28. The standard InChI is InChI=1S/C17H20N4O2/c1-23-15-8-13-4-2-3-12(13)7-14(15)9-19-11-17(22)21-16-10-18-5-6-20-16/h5-8,10,19H,2-4,9,11H2,1H3,(H,20,21,22). The van der Waals surface area contributed by atoms with Crippen LogP contribution in [0.5, 0.6) is 5.75 Å². The Morgan fingerprint density at radius 3 is 2.83 bits per heavy atom. The van der Waals surface area contributed by atoms with E-state index in [-0.39, 0.29) is 12.5 Å². The third kappa shape index (κ3) is 3.84. The molecule has 3 rings (SSSR count). The van der Waals surface area contributed by atoms with E-state index in [1.165, 1.54) is 23.7 Å². The molecule has 0 aliphatic heterocycles. The Labute approximate surface area is 135 Å². The van der Waals surface area contributed by atoms with Crippen molar-refractivity contribution in [2.75, 3.05) is 19.0 Å². The van der Waals surface area contributed by atoms with Crippen molar-refractivity contribution >= 4 is 11.7 Å². The van der Waals surface area contributed by atoms with Gasteiger partial charge in [-0.3, -0.25) is 9.78 Å². The zero-order chi connectivity index (χ0) is 16.1. The Kier molecular flexibility index (Phi) is 4.83. The average molecular weight is 312 g/mol. The average Bonchev–Trinajstić information content (AvgIpc) is 3.02. The van der Waals surface area contributed by atoms with Crippen LogP contribution in [0.3, 0.4) is 0 Å². The molecular formula is C17H20N4O2. The molecule has 2 N–H and O–H groups in total. The lowest BCUT2D eigenvalue weighted by atomic mass is 10.0. The molecule has 0 saturated heterocycles. The summed E-state index contributed by atoms with van der Waals surface area (Å²) in [6, 6.07) is 4.31. The predicted octanol–water partition coefficient (Wildman–Crippen LogP) is 1.70. The highest BCUT2D eigenvalue weighted by Gasteiger charge is 2.15. The molecule has 23 heavy (non-hydrogen) atoms. The summed E-state index contributed by atoms with van der Waals surface area (Å²) in [7, 11) is 1.68. The summed E-state index contributed by atoms with van der Waals surface area (Å²) in [5.41, 5.74) is 3.86. The number of nitrogens with one attached hydrogen (secondary N) is 2. The van der Waals surface area contributed by atoms with Gasteiger partial charge < -0.3 is 15.4 Å². The number of methoxy groups -OCH3 is 1. The second-order valence-corrected chi connectivity index (χ2v) is 5.53. The first kappa shape index (κ1) is 15.4. The van der Waals surface area contributed by atoms with E-state index in [2.05, 4.69) is 32.7 Å². The van der Waals surface area contributed by atoms with E-state index in [9.17, 15) is 4.79 Å². The van der Waals surface area contributed by atoms with Gasteiger partial charge in [-0.05, 0) is 36.5 Å². The Hall–Kier alpha value is -2.47. The van der Waals surface area contributed by atoms with Gasteiger partial charge in [0.2, 0.25) is 5.91 Å². The van der Waals surface area contributed by atoms with Crippen LogP contribution < -0.4 is 15.4 Å². The van der Waals surface area contributed by atoms with Crippen LogP contribution >= 0.6 is 0 Å². The molecule has 1 amide bonds. The van der Waals surface area contributed by atoms with Crippen LogP contribution in [-0.4, -0.2) is 29.5 Å². The predicted molar refractivity (Wildman–Crippen MR) is 87.4 cm³/mol. The fourth-order valence-electron chi connectivity index (χ4n) is 2.84. The molecule has 120 valence electrons. The minimum absolute atomic E-state index is 0.148. The maximum Gasteiger partial charge on any atom is 0.239 e. The third-order valence-electron chi connectivity index (χ3n) is 3.93. The second-order valence-electron chi connectivity index (χ2n) is 5.53. The van der Waals surface area contributed by atoms with Crippen molar-refractivity contribution in [1.29, 1.82) is 0 Å². The fraction of sp³-hybridized carbons (Fsp3) is 0.353. The number of hydrogen-bond donors (Lipinski definition) is 2. The Balaban J connectivity index is 1.55. The summed E-state index contributed by atoms with van der Waals surface area (Å²) >= 11 is 0. The molecule has 1 aliphatic rings. The number of aromatic nitrogens is 2. The van der Waals surface area contributed by atoms with E-state index >= 15 is 0 Å². The number of nitrogens with zero attached hydrogens (tertiary/aromatic N) is 2. The van der Waals surface area contributed by atoms with Gasteiger partial charge in [-0.2, -0.15) is 0 Å². The quantitative estimate of drug-likeness (QED) is 0.849. The van der Waals surface area contributed by atoms with Crippen LogP contribution in [0.1, 0.15) is 23.1 Å². The number of benzene rings is 1. The summed E-state index contributed by atoms with van der Waals surface area (Å²) in [4.78, 5) is 19.8. The number of ether oxygens (including phenoxy) is 1. The highest BCUT2D eigenvalue weighted by atomic mass is 16.5. The first-order valence-corrected chi connectivity index (χ1v) is 7.71. The summed E-state index contributed by atoms with van der Waals surface area (Å²) in [5, 5.41) is 5.84. The number of aryl methyl sites for hydroxylation is 2. The van der Waals surface area contributed by atoms with Crippen LogP contribution in [0.2, 0.25) is 0 Å². The first-order chi connectivity index (χ1) is 11.3. The number of anilines is 1. The molecule has 0 atom stereocenters. The van der Waals surface area contributed by atoms with E-state index in [1.807, 2.05) is 0 Å². The largest absolute Gasteiger partial charge is 0.496 e. The molecule has 6 heteroatoms. The first-order valence-electron chi connectivity index (χ1n) is 7.71. The number of hydrogen-bond acceptors (Lipinski definition) is 5. The SMILES string of the molecule is COc1cc2c(cc1CNCC(=O)Nc1cnccn1)CCC2. The van der Waals surface area contributed by atoms with Gasteiger partial charge >= 0.3 is 0 Å². The summed E-state index contributed by atoms with van der Waals surface area (Å²) in [5.74, 6) is 1.19. The zero-order valence-corrected chi connectivity index (χ0v) is 13.1. The van der Waals surface area contributed by atoms with Crippen molar-refractivity contribution in [3.63, 3.8) is 0 Å². The molecule has 1 aromatic carbocycles. The molecule has 0 radical (unpaired) electrons. The maximum atomic E-state index is 11.9. The van der Waals surface area contributed by atoms with Gasteiger partial charge in [-0.15, -0.1) is 0 Å². The minimum atomic E-state index is -0.148. The molecule has 2 aromatic rings. The van der Waals surface area contributed by atoms with Crippen molar-refractivity contribution in [3.8, 4) is 5.75 Å². The second kappa shape index (κ2) is 7.19. The van der Waals surface area contributed by atoms with Crippen LogP contribution in [0, 0.1) is 0 Å². The lowest BCUT2D eigenvalue weighted by molar-refractivity contribution is -0.115. The number of carbonyl (C=O) groups excluding carboxylic acids is 1. The zero-order valence-electron chi connectivity index (χ0n) is 13.1. The fourth-order valence-corrected chi connectivity index (χ4v) is 2.84. The lowest BCUT2D eigenvalue weighted by Gasteiger charge is -2.12. The molecule has 1 heterocycles. The van der Waals surface area contributed by atoms with Gasteiger partial charge in [0, 0.05) is 24.5 Å². The van der Waals surface area contributed by atoms with Gasteiger partial charge in [0.05, 0.1) is 19.9 Å². The Morgan fingerprint density at radius 1 is 1.26 bits per heavy atom. The monoisotopic (exact) mass is 312 g/mol. The molecule has 0 fully saturated rings. The highest BCUT2D eigenvalue weighted by Crippen LogP contribution is 2.29. The van der Waals surface area contributed by atoms with Gasteiger partial charge in [0.25, 0.3) is 0 Å².